The molecule has 2 heterocycles. The average molecular weight is 527 g/mol. The van der Waals surface area contributed by atoms with Gasteiger partial charge in [-0.05, 0) is 60.7 Å². The molecule has 6 nitrogen and oxygen atoms in total. The minimum absolute atomic E-state index is 0.0387. The van der Waals surface area contributed by atoms with Gasteiger partial charge in [0.25, 0.3) is 5.91 Å². The highest BCUT2D eigenvalue weighted by molar-refractivity contribution is 6.31. The average Bonchev–Trinajstić information content (AvgIpc) is 2.91. The van der Waals surface area contributed by atoms with Gasteiger partial charge in [0, 0.05) is 24.3 Å². The van der Waals surface area contributed by atoms with Gasteiger partial charge in [-0.15, -0.1) is 0 Å². The van der Waals surface area contributed by atoms with Crippen LogP contribution < -0.4 is 14.8 Å². The first-order valence-corrected chi connectivity index (χ1v) is 12.5. The number of carbonyl (C=O) groups excluding carboxylic acids is 2. The van der Waals surface area contributed by atoms with E-state index in [2.05, 4.69) is 5.32 Å². The molecule has 9 heteroatoms. The third-order valence-electron chi connectivity index (χ3n) is 6.66. The lowest BCUT2D eigenvalue weighted by Crippen LogP contribution is -2.38. The van der Waals surface area contributed by atoms with Crippen molar-refractivity contribution in [1.29, 1.82) is 0 Å². The molecule has 192 valence electrons. The zero-order chi connectivity index (χ0) is 25.9. The number of carbonyl (C=O) groups is 2. The lowest BCUT2D eigenvalue weighted by molar-refractivity contribution is -0.118. The lowest BCUT2D eigenvalue weighted by Gasteiger charge is -2.32. The minimum Gasteiger partial charge on any atom is -0.486 e. The first-order valence-electron chi connectivity index (χ1n) is 12.1. The number of amides is 2. The predicted octanol–water partition coefficient (Wildman–Crippen LogP) is 5.81. The maximum Gasteiger partial charge on any atom is 0.254 e. The van der Waals surface area contributed by atoms with Crippen molar-refractivity contribution in [2.45, 2.75) is 31.3 Å². The fourth-order valence-electron chi connectivity index (χ4n) is 4.70. The lowest BCUT2D eigenvalue weighted by atomic mass is 9.89. The molecule has 0 radical (unpaired) electrons. The third-order valence-corrected chi connectivity index (χ3v) is 6.93. The van der Waals surface area contributed by atoms with Crippen molar-refractivity contribution >= 4 is 29.1 Å². The topological polar surface area (TPSA) is 67.9 Å². The van der Waals surface area contributed by atoms with Crippen molar-refractivity contribution < 1.29 is 27.8 Å². The van der Waals surface area contributed by atoms with E-state index >= 15 is 0 Å². The Kier molecular flexibility index (Phi) is 7.28. The number of fused-ring (bicyclic) bond motifs is 1. The second kappa shape index (κ2) is 10.8. The normalized spacial score (nSPS) is 17.4. The molecule has 1 fully saturated rings. The zero-order valence-electron chi connectivity index (χ0n) is 19.9. The third kappa shape index (κ3) is 5.69. The van der Waals surface area contributed by atoms with Crippen molar-refractivity contribution in [2.75, 3.05) is 25.0 Å². The monoisotopic (exact) mass is 526 g/mol. The summed E-state index contributed by atoms with van der Waals surface area (Å²) < 4.78 is 38.6. The van der Waals surface area contributed by atoms with Gasteiger partial charge in [0.15, 0.2) is 23.1 Å². The maximum absolute atomic E-state index is 13.7. The summed E-state index contributed by atoms with van der Waals surface area (Å²) >= 11 is 5.69. The van der Waals surface area contributed by atoms with Gasteiger partial charge >= 0.3 is 0 Å². The number of halogens is 3. The van der Waals surface area contributed by atoms with Crippen molar-refractivity contribution in [3.63, 3.8) is 0 Å². The van der Waals surface area contributed by atoms with Gasteiger partial charge in [0.05, 0.1) is 11.4 Å². The number of likely N-dealkylation sites (tertiary alicyclic amines) is 1. The number of benzene rings is 3. The van der Waals surface area contributed by atoms with Crippen LogP contribution in [0.4, 0.5) is 14.5 Å². The first kappa shape index (κ1) is 25.0. The predicted molar refractivity (Wildman–Crippen MR) is 135 cm³/mol. The molecule has 1 N–H and O–H groups in total. The Morgan fingerprint density at radius 1 is 1.00 bits per heavy atom. The second-order valence-corrected chi connectivity index (χ2v) is 9.60. The second-order valence-electron chi connectivity index (χ2n) is 9.19. The number of para-hydroxylation sites is 2. The molecular weight excluding hydrogens is 502 g/mol. The fourth-order valence-corrected chi connectivity index (χ4v) is 4.91. The Hall–Kier alpha value is -3.65. The molecule has 2 aliphatic rings. The van der Waals surface area contributed by atoms with Gasteiger partial charge in [0.2, 0.25) is 5.91 Å². The molecular formula is C28H25ClF2N2O4. The van der Waals surface area contributed by atoms with Gasteiger partial charge in [0.1, 0.15) is 12.7 Å². The number of piperidine rings is 1. The molecule has 1 atom stereocenters. The number of hydrogen-bond donors (Lipinski definition) is 1. The van der Waals surface area contributed by atoms with E-state index in [9.17, 15) is 18.4 Å². The molecule has 0 spiro atoms. The fraction of sp³-hybridized carbons (Fsp3) is 0.286. The van der Waals surface area contributed by atoms with E-state index in [1.165, 1.54) is 0 Å². The molecule has 5 rings (SSSR count). The van der Waals surface area contributed by atoms with Crippen LogP contribution in [0.25, 0.3) is 0 Å². The Morgan fingerprint density at radius 3 is 2.41 bits per heavy atom. The Bertz CT molecular complexity index is 1290. The molecule has 2 aliphatic heterocycles. The van der Waals surface area contributed by atoms with Gasteiger partial charge in [-0.25, -0.2) is 8.78 Å². The van der Waals surface area contributed by atoms with Crippen molar-refractivity contribution in [3.8, 4) is 11.5 Å². The zero-order valence-corrected chi connectivity index (χ0v) is 20.6. The quantitative estimate of drug-likeness (QED) is 0.426. The summed E-state index contributed by atoms with van der Waals surface area (Å²) in [6.45, 7) is 1.30. The van der Waals surface area contributed by atoms with Crippen molar-refractivity contribution in [3.05, 3.63) is 88.4 Å². The molecule has 2 amide bonds. The van der Waals surface area contributed by atoms with Gasteiger partial charge in [-0.1, -0.05) is 35.9 Å². The van der Waals surface area contributed by atoms with E-state index in [4.69, 9.17) is 21.1 Å². The molecule has 0 bridgehead atoms. The minimum atomic E-state index is -1.15. The summed E-state index contributed by atoms with van der Waals surface area (Å²) in [6.07, 6.45) is 1.28. The first-order chi connectivity index (χ1) is 17.9. The van der Waals surface area contributed by atoms with Crippen LogP contribution in [0, 0.1) is 11.6 Å². The summed E-state index contributed by atoms with van der Waals surface area (Å²) in [5.41, 5.74) is 1.84. The molecule has 37 heavy (non-hydrogen) atoms. The van der Waals surface area contributed by atoms with Gasteiger partial charge in [-0.3, -0.25) is 9.59 Å². The molecule has 1 unspecified atom stereocenters. The van der Waals surface area contributed by atoms with Crippen molar-refractivity contribution in [2.24, 2.45) is 0 Å². The number of nitrogens with one attached hydrogen (secondary N) is 1. The van der Waals surface area contributed by atoms with Gasteiger partial charge < -0.3 is 19.7 Å². The SMILES string of the molecule is O=C(CC1COc2ccccc2O1)Nc1ccc(C2CCN(C(=O)c3cc(F)c(F)c(Cl)c3)CC2)cc1. The molecule has 0 aliphatic carbocycles. The largest absolute Gasteiger partial charge is 0.486 e. The highest BCUT2D eigenvalue weighted by atomic mass is 35.5. The van der Waals surface area contributed by atoms with E-state index in [0.29, 0.717) is 36.9 Å². The van der Waals surface area contributed by atoms with Crippen LogP contribution in [0.1, 0.15) is 41.1 Å². The van der Waals surface area contributed by atoms with Crippen LogP contribution in [0.5, 0.6) is 11.5 Å². The molecule has 3 aromatic rings. The summed E-state index contributed by atoms with van der Waals surface area (Å²) in [5.74, 6) is -1.26. The van der Waals surface area contributed by atoms with Crippen LogP contribution in [-0.4, -0.2) is 42.5 Å². The van der Waals surface area contributed by atoms with Gasteiger partial charge in [-0.2, -0.15) is 0 Å². The van der Waals surface area contributed by atoms with E-state index < -0.39 is 16.7 Å². The Labute approximate surface area is 218 Å². The highest BCUT2D eigenvalue weighted by Gasteiger charge is 2.26. The van der Waals surface area contributed by atoms with Crippen LogP contribution in [0.3, 0.4) is 0 Å². The summed E-state index contributed by atoms with van der Waals surface area (Å²) in [4.78, 5) is 26.9. The van der Waals surface area contributed by atoms with Crippen LogP contribution in [-0.2, 0) is 4.79 Å². The number of ether oxygens (including phenoxy) is 2. The summed E-state index contributed by atoms with van der Waals surface area (Å²) in [6, 6.07) is 17.1. The van der Waals surface area contributed by atoms with Crippen LogP contribution >= 0.6 is 11.6 Å². The van der Waals surface area contributed by atoms with Crippen LogP contribution in [0.2, 0.25) is 5.02 Å². The van der Waals surface area contributed by atoms with E-state index in [1.807, 2.05) is 48.5 Å². The number of hydrogen-bond acceptors (Lipinski definition) is 4. The summed E-state index contributed by atoms with van der Waals surface area (Å²) in [5, 5.41) is 2.49. The molecule has 0 aromatic heterocycles. The Balaban J connectivity index is 1.12. The molecule has 3 aromatic carbocycles. The number of rotatable bonds is 5. The number of nitrogens with zero attached hydrogens (tertiary/aromatic N) is 1. The molecule has 0 saturated carbocycles. The van der Waals surface area contributed by atoms with E-state index in [1.54, 1.807) is 4.90 Å². The van der Waals surface area contributed by atoms with Crippen molar-refractivity contribution in [1.82, 2.24) is 4.90 Å². The Morgan fingerprint density at radius 2 is 1.70 bits per heavy atom. The van der Waals surface area contributed by atoms with E-state index in [-0.39, 0.29) is 35.8 Å². The van der Waals surface area contributed by atoms with Crippen LogP contribution in [0.15, 0.2) is 60.7 Å². The maximum atomic E-state index is 13.7. The highest BCUT2D eigenvalue weighted by Crippen LogP contribution is 2.32. The summed E-state index contributed by atoms with van der Waals surface area (Å²) in [7, 11) is 0. The molecule has 1 saturated heterocycles. The standard InChI is InChI=1S/C28H25ClF2N2O4/c29-22-13-19(14-23(30)27(22)31)28(35)33-11-9-18(10-12-33)17-5-7-20(8-6-17)32-26(34)15-21-16-36-24-3-1-2-4-25(24)37-21/h1-8,13-14,18,21H,9-12,15-16H2,(H,32,34). The smallest absolute Gasteiger partial charge is 0.254 e. The van der Waals surface area contributed by atoms with E-state index in [0.717, 1.165) is 30.5 Å². The number of anilines is 1.